The minimum Gasteiger partial charge on any atom is -0.423 e. The fourth-order valence-corrected chi connectivity index (χ4v) is 2.94. The summed E-state index contributed by atoms with van der Waals surface area (Å²) in [6, 6.07) is 17.2. The molecule has 1 aromatic heterocycles. The molecule has 4 rings (SSSR count). The van der Waals surface area contributed by atoms with Gasteiger partial charge < -0.3 is 9.73 Å². The molecule has 1 aliphatic carbocycles. The second-order valence-electron chi connectivity index (χ2n) is 5.34. The molecule has 0 aliphatic heterocycles. The maximum atomic E-state index is 5.25. The molecular formula is C17H15N3O. The molecule has 4 heteroatoms. The van der Waals surface area contributed by atoms with Gasteiger partial charge in [0, 0.05) is 17.3 Å². The predicted molar refractivity (Wildman–Crippen MR) is 81.0 cm³/mol. The van der Waals surface area contributed by atoms with E-state index in [9.17, 15) is 0 Å². The Hall–Kier alpha value is -2.62. The minimum atomic E-state index is 0.445. The number of nitrogens with one attached hydrogen (secondary N) is 1. The van der Waals surface area contributed by atoms with Crippen LogP contribution in [0.4, 0.5) is 5.69 Å². The van der Waals surface area contributed by atoms with Gasteiger partial charge in [-0.15, -0.1) is 10.2 Å². The third kappa shape index (κ3) is 2.40. The van der Waals surface area contributed by atoms with Crippen LogP contribution in [0.25, 0.3) is 11.5 Å². The van der Waals surface area contributed by atoms with Crippen LogP contribution in [-0.2, 0) is 12.8 Å². The lowest BCUT2D eigenvalue weighted by Crippen LogP contribution is -2.19. The lowest BCUT2D eigenvalue weighted by molar-refractivity contribution is 0.568. The first-order valence-corrected chi connectivity index (χ1v) is 7.08. The summed E-state index contributed by atoms with van der Waals surface area (Å²) in [4.78, 5) is 0. The quantitative estimate of drug-likeness (QED) is 0.798. The van der Waals surface area contributed by atoms with Gasteiger partial charge in [0.1, 0.15) is 0 Å². The molecule has 0 radical (unpaired) electrons. The van der Waals surface area contributed by atoms with Crippen molar-refractivity contribution < 1.29 is 4.42 Å². The standard InChI is InChI=1S/C17H15N3O/c1-2-5-13-9-16(8-12(13)4-1)19-15-7-3-6-14(10-15)17-20-18-11-21-17/h1-7,10-11,16,19H,8-9H2. The van der Waals surface area contributed by atoms with Crippen LogP contribution < -0.4 is 5.32 Å². The first kappa shape index (κ1) is 12.1. The summed E-state index contributed by atoms with van der Waals surface area (Å²) in [6.45, 7) is 0. The van der Waals surface area contributed by atoms with Crippen LogP contribution in [0.2, 0.25) is 0 Å². The summed E-state index contributed by atoms with van der Waals surface area (Å²) in [5.74, 6) is 0.549. The smallest absolute Gasteiger partial charge is 0.247 e. The fourth-order valence-electron chi connectivity index (χ4n) is 2.94. The van der Waals surface area contributed by atoms with E-state index in [0.717, 1.165) is 24.1 Å². The Morgan fingerprint density at radius 2 is 1.81 bits per heavy atom. The van der Waals surface area contributed by atoms with Crippen LogP contribution >= 0.6 is 0 Å². The molecule has 0 saturated heterocycles. The highest BCUT2D eigenvalue weighted by Gasteiger charge is 2.20. The average Bonchev–Trinajstić information content (AvgIpc) is 3.16. The third-order valence-corrected chi connectivity index (χ3v) is 3.89. The highest BCUT2D eigenvalue weighted by atomic mass is 16.4. The Morgan fingerprint density at radius 3 is 2.52 bits per heavy atom. The Bertz CT molecular complexity index is 727. The van der Waals surface area contributed by atoms with E-state index in [0.29, 0.717) is 11.9 Å². The molecule has 104 valence electrons. The van der Waals surface area contributed by atoms with E-state index < -0.39 is 0 Å². The molecule has 1 aliphatic rings. The molecule has 0 atom stereocenters. The molecule has 21 heavy (non-hydrogen) atoms. The highest BCUT2D eigenvalue weighted by Crippen LogP contribution is 2.26. The van der Waals surface area contributed by atoms with Crippen molar-refractivity contribution >= 4 is 5.69 Å². The van der Waals surface area contributed by atoms with Crippen LogP contribution in [0.3, 0.4) is 0 Å². The Morgan fingerprint density at radius 1 is 1.00 bits per heavy atom. The molecule has 0 bridgehead atoms. The molecule has 3 aromatic rings. The van der Waals surface area contributed by atoms with Crippen LogP contribution in [-0.4, -0.2) is 16.2 Å². The number of anilines is 1. The zero-order chi connectivity index (χ0) is 14.1. The van der Waals surface area contributed by atoms with Gasteiger partial charge in [-0.1, -0.05) is 30.3 Å². The second-order valence-corrected chi connectivity index (χ2v) is 5.34. The summed E-state index contributed by atoms with van der Waals surface area (Å²) in [7, 11) is 0. The van der Waals surface area contributed by atoms with E-state index >= 15 is 0 Å². The van der Waals surface area contributed by atoms with Gasteiger partial charge in [-0.3, -0.25) is 0 Å². The summed E-state index contributed by atoms with van der Waals surface area (Å²) < 4.78 is 5.25. The van der Waals surface area contributed by atoms with Crippen LogP contribution in [0.1, 0.15) is 11.1 Å². The monoisotopic (exact) mass is 277 g/mol. The summed E-state index contributed by atoms with van der Waals surface area (Å²) >= 11 is 0. The van der Waals surface area contributed by atoms with Crippen molar-refractivity contribution in [2.45, 2.75) is 18.9 Å². The lowest BCUT2D eigenvalue weighted by Gasteiger charge is -2.14. The number of hydrogen-bond donors (Lipinski definition) is 1. The van der Waals surface area contributed by atoms with Crippen molar-refractivity contribution in [3.63, 3.8) is 0 Å². The number of benzene rings is 2. The average molecular weight is 277 g/mol. The normalized spacial score (nSPS) is 14.1. The van der Waals surface area contributed by atoms with Crippen LogP contribution in [0.5, 0.6) is 0 Å². The van der Waals surface area contributed by atoms with E-state index in [4.69, 9.17) is 4.42 Å². The molecule has 1 N–H and O–H groups in total. The molecule has 0 saturated carbocycles. The largest absolute Gasteiger partial charge is 0.423 e. The first-order chi connectivity index (χ1) is 10.4. The molecule has 0 fully saturated rings. The Labute approximate surface area is 122 Å². The summed E-state index contributed by atoms with van der Waals surface area (Å²) in [5, 5.41) is 11.3. The molecule has 1 heterocycles. The van der Waals surface area contributed by atoms with Crippen molar-refractivity contribution in [3.05, 3.63) is 66.1 Å². The summed E-state index contributed by atoms with van der Waals surface area (Å²) in [5.41, 5.74) is 4.92. The van der Waals surface area contributed by atoms with E-state index in [-0.39, 0.29) is 0 Å². The number of fused-ring (bicyclic) bond motifs is 1. The van der Waals surface area contributed by atoms with Crippen molar-refractivity contribution in [2.75, 3.05) is 5.32 Å². The van der Waals surface area contributed by atoms with Gasteiger partial charge in [-0.2, -0.15) is 0 Å². The Kier molecular flexibility index (Phi) is 2.92. The van der Waals surface area contributed by atoms with E-state index in [1.165, 1.54) is 17.5 Å². The van der Waals surface area contributed by atoms with Gasteiger partial charge in [-0.05, 0) is 42.2 Å². The fraction of sp³-hybridized carbons (Fsp3) is 0.176. The van der Waals surface area contributed by atoms with E-state index in [2.05, 4.69) is 51.9 Å². The maximum absolute atomic E-state index is 5.25. The topological polar surface area (TPSA) is 51.0 Å². The number of nitrogens with zero attached hydrogens (tertiary/aromatic N) is 2. The van der Waals surface area contributed by atoms with E-state index in [1.807, 2.05) is 12.1 Å². The first-order valence-electron chi connectivity index (χ1n) is 7.08. The van der Waals surface area contributed by atoms with Crippen LogP contribution in [0, 0.1) is 0 Å². The van der Waals surface area contributed by atoms with Crippen molar-refractivity contribution in [2.24, 2.45) is 0 Å². The second kappa shape index (κ2) is 5.05. The van der Waals surface area contributed by atoms with Crippen LogP contribution in [0.15, 0.2) is 59.3 Å². The molecule has 0 spiro atoms. The van der Waals surface area contributed by atoms with Gasteiger partial charge >= 0.3 is 0 Å². The lowest BCUT2D eigenvalue weighted by atomic mass is 10.1. The van der Waals surface area contributed by atoms with Gasteiger partial charge in [0.15, 0.2) is 0 Å². The van der Waals surface area contributed by atoms with E-state index in [1.54, 1.807) is 0 Å². The van der Waals surface area contributed by atoms with Gasteiger partial charge in [0.2, 0.25) is 12.3 Å². The van der Waals surface area contributed by atoms with Gasteiger partial charge in [-0.25, -0.2) is 0 Å². The predicted octanol–water partition coefficient (Wildman–Crippen LogP) is 3.32. The highest BCUT2D eigenvalue weighted by molar-refractivity contribution is 5.61. The number of hydrogen-bond acceptors (Lipinski definition) is 4. The van der Waals surface area contributed by atoms with Crippen molar-refractivity contribution in [1.82, 2.24) is 10.2 Å². The van der Waals surface area contributed by atoms with Gasteiger partial charge in [0.25, 0.3) is 0 Å². The number of aromatic nitrogens is 2. The van der Waals surface area contributed by atoms with Crippen molar-refractivity contribution in [3.8, 4) is 11.5 Å². The minimum absolute atomic E-state index is 0.445. The Balaban J connectivity index is 1.53. The molecule has 4 nitrogen and oxygen atoms in total. The van der Waals surface area contributed by atoms with Crippen molar-refractivity contribution in [1.29, 1.82) is 0 Å². The molecular weight excluding hydrogens is 262 g/mol. The maximum Gasteiger partial charge on any atom is 0.247 e. The van der Waals surface area contributed by atoms with Gasteiger partial charge in [0.05, 0.1) is 0 Å². The molecule has 0 unspecified atom stereocenters. The number of rotatable bonds is 3. The third-order valence-electron chi connectivity index (χ3n) is 3.89. The zero-order valence-electron chi connectivity index (χ0n) is 11.5. The zero-order valence-corrected chi connectivity index (χ0v) is 11.5. The summed E-state index contributed by atoms with van der Waals surface area (Å²) in [6.07, 6.45) is 3.49. The molecule has 0 amide bonds. The molecule has 2 aromatic carbocycles. The SMILES string of the molecule is c1cc(NC2Cc3ccccc3C2)cc(-c2nnco2)c1.